The number of thiophene rings is 1. The summed E-state index contributed by atoms with van der Waals surface area (Å²) in [4.78, 5) is 12.5. The topological polar surface area (TPSA) is 29.1 Å². The Kier molecular flexibility index (Phi) is 4.74. The first-order valence-corrected chi connectivity index (χ1v) is 7.42. The maximum Gasteiger partial charge on any atom is 0.261 e. The van der Waals surface area contributed by atoms with E-state index in [9.17, 15) is 4.79 Å². The van der Waals surface area contributed by atoms with E-state index in [1.54, 1.807) is 0 Å². The van der Waals surface area contributed by atoms with Gasteiger partial charge in [0.1, 0.15) is 0 Å². The zero-order valence-corrected chi connectivity index (χ0v) is 12.2. The van der Waals surface area contributed by atoms with E-state index in [1.165, 1.54) is 28.0 Å². The van der Waals surface area contributed by atoms with E-state index in [4.69, 9.17) is 0 Å². The minimum Gasteiger partial charge on any atom is -0.351 e. The van der Waals surface area contributed by atoms with Crippen LogP contribution in [0.2, 0.25) is 0 Å². The molecule has 0 radical (unpaired) electrons. The van der Waals surface area contributed by atoms with Gasteiger partial charge in [-0.2, -0.15) is 0 Å². The Morgan fingerprint density at radius 2 is 2.11 bits per heavy atom. The fraction of sp³-hybridized carbons (Fsp3) is 0.312. The molecule has 1 heterocycles. The van der Waals surface area contributed by atoms with Crippen LogP contribution in [-0.4, -0.2) is 12.5 Å². The number of carbonyl (C=O) groups is 1. The Bertz CT molecular complexity index is 546. The maximum atomic E-state index is 11.7. The van der Waals surface area contributed by atoms with Crippen LogP contribution in [0, 0.1) is 13.8 Å². The molecule has 0 saturated carbocycles. The van der Waals surface area contributed by atoms with Gasteiger partial charge in [-0.05, 0) is 49.3 Å². The Labute approximate surface area is 118 Å². The first-order valence-electron chi connectivity index (χ1n) is 6.54. The van der Waals surface area contributed by atoms with E-state index in [-0.39, 0.29) is 5.91 Å². The van der Waals surface area contributed by atoms with Crippen LogP contribution in [0.3, 0.4) is 0 Å². The number of rotatable bonds is 5. The molecule has 0 aliphatic carbocycles. The summed E-state index contributed by atoms with van der Waals surface area (Å²) in [6.45, 7) is 4.98. The molecular formula is C16H19NOS. The number of benzene rings is 1. The van der Waals surface area contributed by atoms with Crippen molar-refractivity contribution < 1.29 is 4.79 Å². The van der Waals surface area contributed by atoms with Crippen LogP contribution in [-0.2, 0) is 6.42 Å². The number of carbonyl (C=O) groups excluding carboxylic acids is 1. The molecule has 0 aliphatic heterocycles. The van der Waals surface area contributed by atoms with Gasteiger partial charge in [-0.15, -0.1) is 11.3 Å². The second-order valence-corrected chi connectivity index (χ2v) is 5.71. The zero-order chi connectivity index (χ0) is 13.7. The summed E-state index contributed by atoms with van der Waals surface area (Å²) in [5.41, 5.74) is 4.01. The van der Waals surface area contributed by atoms with Crippen LogP contribution < -0.4 is 5.32 Å². The van der Waals surface area contributed by atoms with E-state index >= 15 is 0 Å². The average Bonchev–Trinajstić information content (AvgIpc) is 2.90. The molecule has 1 aromatic carbocycles. The first-order chi connectivity index (χ1) is 9.16. The Morgan fingerprint density at radius 1 is 1.26 bits per heavy atom. The standard InChI is InChI=1S/C16H19NOS/c1-12-7-8-14(13(2)11-12)5-3-9-17-16(18)15-6-4-10-19-15/h4,6-8,10-11H,3,5,9H2,1-2H3,(H,17,18). The van der Waals surface area contributed by atoms with Crippen molar-refractivity contribution in [1.29, 1.82) is 0 Å². The Balaban J connectivity index is 1.76. The van der Waals surface area contributed by atoms with Gasteiger partial charge in [-0.1, -0.05) is 29.8 Å². The van der Waals surface area contributed by atoms with Gasteiger partial charge in [0.15, 0.2) is 0 Å². The minimum atomic E-state index is 0.0376. The van der Waals surface area contributed by atoms with Crippen molar-refractivity contribution in [2.45, 2.75) is 26.7 Å². The predicted molar refractivity (Wildman–Crippen MR) is 80.9 cm³/mol. The van der Waals surface area contributed by atoms with Crippen molar-refractivity contribution in [3.8, 4) is 0 Å². The third kappa shape index (κ3) is 3.93. The summed E-state index contributed by atoms with van der Waals surface area (Å²) in [7, 11) is 0. The fourth-order valence-electron chi connectivity index (χ4n) is 2.10. The predicted octanol–water partition coefficient (Wildman–Crippen LogP) is 3.73. The van der Waals surface area contributed by atoms with E-state index in [0.717, 1.165) is 24.3 Å². The molecule has 1 amide bonds. The highest BCUT2D eigenvalue weighted by atomic mass is 32.1. The van der Waals surface area contributed by atoms with Crippen LogP contribution in [0.5, 0.6) is 0 Å². The molecule has 1 aromatic heterocycles. The van der Waals surface area contributed by atoms with Gasteiger partial charge < -0.3 is 5.32 Å². The molecule has 0 unspecified atom stereocenters. The van der Waals surface area contributed by atoms with Crippen LogP contribution in [0.25, 0.3) is 0 Å². The highest BCUT2D eigenvalue weighted by molar-refractivity contribution is 7.12. The SMILES string of the molecule is Cc1ccc(CCCNC(=O)c2cccs2)c(C)c1. The molecule has 2 aromatic rings. The van der Waals surface area contributed by atoms with E-state index in [2.05, 4.69) is 37.4 Å². The van der Waals surface area contributed by atoms with Crippen molar-refractivity contribution in [3.63, 3.8) is 0 Å². The molecule has 19 heavy (non-hydrogen) atoms. The van der Waals surface area contributed by atoms with Gasteiger partial charge >= 0.3 is 0 Å². The third-order valence-corrected chi connectivity index (χ3v) is 4.02. The summed E-state index contributed by atoms with van der Waals surface area (Å²) in [6.07, 6.45) is 1.98. The van der Waals surface area contributed by atoms with Crippen LogP contribution >= 0.6 is 11.3 Å². The van der Waals surface area contributed by atoms with Gasteiger partial charge in [0, 0.05) is 6.54 Å². The van der Waals surface area contributed by atoms with E-state index in [0.29, 0.717) is 0 Å². The number of hydrogen-bond acceptors (Lipinski definition) is 2. The minimum absolute atomic E-state index is 0.0376. The molecule has 0 saturated heterocycles. The molecule has 0 bridgehead atoms. The second-order valence-electron chi connectivity index (χ2n) is 4.77. The summed E-state index contributed by atoms with van der Waals surface area (Å²) in [5, 5.41) is 4.88. The van der Waals surface area contributed by atoms with Gasteiger partial charge in [0.2, 0.25) is 0 Å². The summed E-state index contributed by atoms with van der Waals surface area (Å²) < 4.78 is 0. The van der Waals surface area contributed by atoms with Crippen molar-refractivity contribution in [2.75, 3.05) is 6.54 Å². The van der Waals surface area contributed by atoms with E-state index in [1.807, 2.05) is 17.5 Å². The molecule has 2 rings (SSSR count). The van der Waals surface area contributed by atoms with Crippen molar-refractivity contribution in [3.05, 3.63) is 57.3 Å². The zero-order valence-electron chi connectivity index (χ0n) is 11.4. The molecule has 1 N–H and O–H groups in total. The lowest BCUT2D eigenvalue weighted by molar-refractivity contribution is 0.0957. The maximum absolute atomic E-state index is 11.7. The highest BCUT2D eigenvalue weighted by Crippen LogP contribution is 2.12. The molecule has 2 nitrogen and oxygen atoms in total. The summed E-state index contributed by atoms with van der Waals surface area (Å²) in [6, 6.07) is 10.3. The lowest BCUT2D eigenvalue weighted by Crippen LogP contribution is -2.23. The van der Waals surface area contributed by atoms with E-state index < -0.39 is 0 Å². The lowest BCUT2D eigenvalue weighted by Gasteiger charge is -2.07. The summed E-state index contributed by atoms with van der Waals surface area (Å²) in [5.74, 6) is 0.0376. The number of aryl methyl sites for hydroxylation is 3. The molecule has 0 fully saturated rings. The lowest BCUT2D eigenvalue weighted by atomic mass is 10.0. The van der Waals surface area contributed by atoms with Crippen molar-refractivity contribution >= 4 is 17.2 Å². The fourth-order valence-corrected chi connectivity index (χ4v) is 2.74. The first kappa shape index (κ1) is 13.8. The third-order valence-electron chi connectivity index (χ3n) is 3.15. The normalized spacial score (nSPS) is 10.4. The molecule has 0 atom stereocenters. The van der Waals surface area contributed by atoms with Crippen LogP contribution in [0.4, 0.5) is 0 Å². The monoisotopic (exact) mass is 273 g/mol. The Hall–Kier alpha value is -1.61. The molecular weight excluding hydrogens is 254 g/mol. The molecule has 100 valence electrons. The van der Waals surface area contributed by atoms with Crippen molar-refractivity contribution in [1.82, 2.24) is 5.32 Å². The van der Waals surface area contributed by atoms with Gasteiger partial charge in [-0.25, -0.2) is 0 Å². The largest absolute Gasteiger partial charge is 0.351 e. The molecule has 0 aliphatic rings. The van der Waals surface area contributed by atoms with Crippen LogP contribution in [0.15, 0.2) is 35.7 Å². The van der Waals surface area contributed by atoms with Crippen LogP contribution in [0.1, 0.15) is 32.8 Å². The number of nitrogens with one attached hydrogen (secondary N) is 1. The summed E-state index contributed by atoms with van der Waals surface area (Å²) >= 11 is 1.48. The molecule has 3 heteroatoms. The average molecular weight is 273 g/mol. The Morgan fingerprint density at radius 3 is 2.79 bits per heavy atom. The number of amides is 1. The smallest absolute Gasteiger partial charge is 0.261 e. The van der Waals surface area contributed by atoms with Crippen molar-refractivity contribution in [2.24, 2.45) is 0 Å². The highest BCUT2D eigenvalue weighted by Gasteiger charge is 2.05. The van der Waals surface area contributed by atoms with Gasteiger partial charge in [0.05, 0.1) is 4.88 Å². The molecule has 0 spiro atoms. The van der Waals surface area contributed by atoms with Gasteiger partial charge in [-0.3, -0.25) is 4.79 Å². The number of hydrogen-bond donors (Lipinski definition) is 1. The second kappa shape index (κ2) is 6.53. The van der Waals surface area contributed by atoms with Gasteiger partial charge in [0.25, 0.3) is 5.91 Å². The quantitative estimate of drug-likeness (QED) is 0.826.